The van der Waals surface area contributed by atoms with Crippen LogP contribution in [0.25, 0.3) is 0 Å². The molecule has 0 unspecified atom stereocenters. The topological polar surface area (TPSA) is 78.7 Å². The number of nitrogens with two attached hydrogens (primary N) is 1. The van der Waals surface area contributed by atoms with Gasteiger partial charge in [0, 0.05) is 39.6 Å². The maximum absolute atomic E-state index is 12.6. The van der Waals surface area contributed by atoms with E-state index < -0.39 is 0 Å². The first-order valence-electron chi connectivity index (χ1n) is 8.49. The molecule has 1 heterocycles. The summed E-state index contributed by atoms with van der Waals surface area (Å²) in [6.07, 6.45) is 6.44. The molecule has 2 fully saturated rings. The van der Waals surface area contributed by atoms with Crippen LogP contribution < -0.4 is 11.1 Å². The van der Waals surface area contributed by atoms with E-state index in [1.807, 2.05) is 4.90 Å². The summed E-state index contributed by atoms with van der Waals surface area (Å²) in [6, 6.07) is 0. The van der Waals surface area contributed by atoms with Crippen molar-refractivity contribution >= 4 is 11.8 Å². The number of carbonyl (C=O) groups excluding carboxylic acids is 2. The largest absolute Gasteiger partial charge is 0.358 e. The average Bonchev–Trinajstić information content (AvgIpc) is 2.56. The first kappa shape index (κ1) is 17.2. The van der Waals surface area contributed by atoms with E-state index in [1.165, 1.54) is 19.3 Å². The van der Waals surface area contributed by atoms with Crippen LogP contribution in [0.15, 0.2) is 0 Å². The van der Waals surface area contributed by atoms with Crippen molar-refractivity contribution in [2.75, 3.05) is 46.3 Å². The van der Waals surface area contributed by atoms with Crippen LogP contribution >= 0.6 is 0 Å². The van der Waals surface area contributed by atoms with Gasteiger partial charge in [0.2, 0.25) is 11.8 Å². The zero-order valence-corrected chi connectivity index (χ0v) is 13.8. The van der Waals surface area contributed by atoms with Gasteiger partial charge < -0.3 is 16.0 Å². The highest BCUT2D eigenvalue weighted by molar-refractivity contribution is 5.78. The number of carbonyl (C=O) groups is 2. The summed E-state index contributed by atoms with van der Waals surface area (Å²) >= 11 is 0. The zero-order chi connectivity index (χ0) is 16.0. The summed E-state index contributed by atoms with van der Waals surface area (Å²) in [5, 5.41) is 2.64. The molecule has 0 spiro atoms. The van der Waals surface area contributed by atoms with Crippen LogP contribution in [0.4, 0.5) is 0 Å². The maximum atomic E-state index is 12.6. The minimum absolute atomic E-state index is 0.0315. The molecule has 6 nitrogen and oxygen atoms in total. The van der Waals surface area contributed by atoms with E-state index >= 15 is 0 Å². The fourth-order valence-electron chi connectivity index (χ4n) is 3.62. The predicted octanol–water partition coefficient (Wildman–Crippen LogP) is 0.176. The van der Waals surface area contributed by atoms with Gasteiger partial charge in [-0.1, -0.05) is 19.3 Å². The standard InChI is InChI=1S/C16H30N4O2/c1-18-14(21)12-19-7-9-20(10-8-19)15(22)11-16(13-17)5-3-2-4-6-16/h2-13,17H2,1H3,(H,18,21). The molecule has 3 N–H and O–H groups in total. The summed E-state index contributed by atoms with van der Waals surface area (Å²) in [4.78, 5) is 28.0. The Kier molecular flexibility index (Phi) is 6.20. The Morgan fingerprint density at radius 2 is 1.73 bits per heavy atom. The third-order valence-corrected chi connectivity index (χ3v) is 5.24. The van der Waals surface area contributed by atoms with Gasteiger partial charge in [-0.15, -0.1) is 0 Å². The molecule has 6 heteroatoms. The molecule has 0 atom stereocenters. The van der Waals surface area contributed by atoms with E-state index in [0.717, 1.165) is 39.0 Å². The van der Waals surface area contributed by atoms with Crippen LogP contribution in [0.2, 0.25) is 0 Å². The van der Waals surface area contributed by atoms with E-state index in [2.05, 4.69) is 10.2 Å². The number of likely N-dealkylation sites (N-methyl/N-ethyl adjacent to an activating group) is 1. The SMILES string of the molecule is CNC(=O)CN1CCN(C(=O)CC2(CN)CCCCC2)CC1. The Bertz CT molecular complexity index is 386. The van der Waals surface area contributed by atoms with Crippen molar-refractivity contribution in [3.05, 3.63) is 0 Å². The molecule has 2 amide bonds. The predicted molar refractivity (Wildman–Crippen MR) is 86.3 cm³/mol. The lowest BCUT2D eigenvalue weighted by Crippen LogP contribution is -2.52. The number of amides is 2. The van der Waals surface area contributed by atoms with Gasteiger partial charge in [-0.05, 0) is 24.8 Å². The van der Waals surface area contributed by atoms with E-state index in [4.69, 9.17) is 5.73 Å². The molecule has 126 valence electrons. The molecule has 0 bridgehead atoms. The summed E-state index contributed by atoms with van der Waals surface area (Å²) in [5.41, 5.74) is 6.02. The third-order valence-electron chi connectivity index (χ3n) is 5.24. The number of nitrogens with zero attached hydrogens (tertiary/aromatic N) is 2. The highest BCUT2D eigenvalue weighted by atomic mass is 16.2. The van der Waals surface area contributed by atoms with Crippen molar-refractivity contribution < 1.29 is 9.59 Å². The molecule has 0 aromatic heterocycles. The Morgan fingerprint density at radius 3 is 2.27 bits per heavy atom. The normalized spacial score (nSPS) is 22.4. The van der Waals surface area contributed by atoms with Gasteiger partial charge >= 0.3 is 0 Å². The van der Waals surface area contributed by atoms with Crippen LogP contribution in [-0.4, -0.2) is 67.9 Å². The number of hydrogen-bond donors (Lipinski definition) is 2. The second-order valence-electron chi connectivity index (χ2n) is 6.77. The van der Waals surface area contributed by atoms with Crippen LogP contribution in [0.5, 0.6) is 0 Å². The monoisotopic (exact) mass is 310 g/mol. The minimum atomic E-state index is 0.0315. The Morgan fingerprint density at radius 1 is 1.09 bits per heavy atom. The highest BCUT2D eigenvalue weighted by Crippen LogP contribution is 2.38. The molecule has 1 saturated heterocycles. The summed E-state index contributed by atoms with van der Waals surface area (Å²) in [5.74, 6) is 0.274. The summed E-state index contributed by atoms with van der Waals surface area (Å²) < 4.78 is 0. The smallest absolute Gasteiger partial charge is 0.233 e. The molecule has 22 heavy (non-hydrogen) atoms. The fraction of sp³-hybridized carbons (Fsp3) is 0.875. The van der Waals surface area contributed by atoms with Gasteiger partial charge in [0.15, 0.2) is 0 Å². The fourth-order valence-corrected chi connectivity index (χ4v) is 3.62. The molecule has 0 aromatic carbocycles. The van der Waals surface area contributed by atoms with Gasteiger partial charge in [0.05, 0.1) is 6.54 Å². The van der Waals surface area contributed by atoms with Gasteiger partial charge in [0.1, 0.15) is 0 Å². The maximum Gasteiger partial charge on any atom is 0.233 e. The van der Waals surface area contributed by atoms with Crippen LogP contribution in [0.1, 0.15) is 38.5 Å². The lowest BCUT2D eigenvalue weighted by Gasteiger charge is -2.39. The minimum Gasteiger partial charge on any atom is -0.358 e. The van der Waals surface area contributed by atoms with Crippen molar-refractivity contribution in [1.29, 1.82) is 0 Å². The Balaban J connectivity index is 1.80. The zero-order valence-electron chi connectivity index (χ0n) is 13.8. The van der Waals surface area contributed by atoms with Gasteiger partial charge in [-0.3, -0.25) is 14.5 Å². The molecule has 2 rings (SSSR count). The highest BCUT2D eigenvalue weighted by Gasteiger charge is 2.35. The lowest BCUT2D eigenvalue weighted by atomic mass is 9.71. The first-order chi connectivity index (χ1) is 10.6. The molecular formula is C16H30N4O2. The second-order valence-corrected chi connectivity index (χ2v) is 6.77. The van der Waals surface area contributed by atoms with E-state index in [1.54, 1.807) is 7.05 Å². The number of nitrogens with one attached hydrogen (secondary N) is 1. The van der Waals surface area contributed by atoms with Crippen LogP contribution in [0.3, 0.4) is 0 Å². The quantitative estimate of drug-likeness (QED) is 0.759. The van der Waals surface area contributed by atoms with Crippen molar-refractivity contribution in [1.82, 2.24) is 15.1 Å². The van der Waals surface area contributed by atoms with Gasteiger partial charge in [-0.25, -0.2) is 0 Å². The number of piperazine rings is 1. The van der Waals surface area contributed by atoms with Crippen molar-refractivity contribution in [3.8, 4) is 0 Å². The Labute approximate surface area is 133 Å². The van der Waals surface area contributed by atoms with E-state index in [9.17, 15) is 9.59 Å². The number of hydrogen-bond acceptors (Lipinski definition) is 4. The molecule has 1 aliphatic heterocycles. The van der Waals surface area contributed by atoms with Crippen LogP contribution in [-0.2, 0) is 9.59 Å². The van der Waals surface area contributed by atoms with E-state index in [0.29, 0.717) is 19.5 Å². The molecule has 1 aliphatic carbocycles. The van der Waals surface area contributed by atoms with E-state index in [-0.39, 0.29) is 17.2 Å². The number of rotatable bonds is 5. The molecule has 1 saturated carbocycles. The molecule has 2 aliphatic rings. The lowest BCUT2D eigenvalue weighted by molar-refractivity contribution is -0.136. The first-order valence-corrected chi connectivity index (χ1v) is 8.49. The van der Waals surface area contributed by atoms with Crippen molar-refractivity contribution in [2.45, 2.75) is 38.5 Å². The van der Waals surface area contributed by atoms with Crippen molar-refractivity contribution in [2.24, 2.45) is 11.1 Å². The molecule has 0 radical (unpaired) electrons. The van der Waals surface area contributed by atoms with Crippen molar-refractivity contribution in [3.63, 3.8) is 0 Å². The molecule has 0 aromatic rings. The third kappa shape index (κ3) is 4.43. The van der Waals surface area contributed by atoms with Gasteiger partial charge in [0.25, 0.3) is 0 Å². The molecular weight excluding hydrogens is 280 g/mol. The van der Waals surface area contributed by atoms with Crippen LogP contribution in [0, 0.1) is 5.41 Å². The Hall–Kier alpha value is -1.14. The summed E-state index contributed by atoms with van der Waals surface area (Å²) in [7, 11) is 1.65. The second kappa shape index (κ2) is 7.92. The average molecular weight is 310 g/mol. The summed E-state index contributed by atoms with van der Waals surface area (Å²) in [6.45, 7) is 4.02. The van der Waals surface area contributed by atoms with Gasteiger partial charge in [-0.2, -0.15) is 0 Å².